The third-order valence-corrected chi connectivity index (χ3v) is 0.742. The van der Waals surface area contributed by atoms with Crippen LogP contribution in [-0.2, 0) is 9.53 Å². The zero-order valence-corrected chi connectivity index (χ0v) is 6.05. The standard InChI is InChI=1S/C7H10O3/c1-3-4-5-10-7(9)6(2)8/h6,8H,3H2,1-2H3. The Kier molecular flexibility index (Phi) is 4.34. The van der Waals surface area contributed by atoms with Crippen LogP contribution in [0, 0.1) is 12.0 Å². The van der Waals surface area contributed by atoms with Crippen molar-refractivity contribution in [3.8, 4) is 12.0 Å². The molecule has 10 heavy (non-hydrogen) atoms. The van der Waals surface area contributed by atoms with Gasteiger partial charge in [-0.15, -0.1) is 0 Å². The van der Waals surface area contributed by atoms with E-state index in [4.69, 9.17) is 5.11 Å². The smallest absolute Gasteiger partial charge is 0.348 e. The van der Waals surface area contributed by atoms with Crippen LogP contribution >= 0.6 is 0 Å². The Labute approximate surface area is 60.0 Å². The largest absolute Gasteiger partial charge is 0.382 e. The highest BCUT2D eigenvalue weighted by molar-refractivity contribution is 5.74. The van der Waals surface area contributed by atoms with Crippen LogP contribution in [0.3, 0.4) is 0 Å². The fourth-order valence-corrected chi connectivity index (χ4v) is 0.244. The lowest BCUT2D eigenvalue weighted by molar-refractivity contribution is -0.145. The number of aliphatic hydroxyl groups is 1. The van der Waals surface area contributed by atoms with E-state index in [1.54, 1.807) is 0 Å². The van der Waals surface area contributed by atoms with E-state index in [1.807, 2.05) is 6.92 Å². The summed E-state index contributed by atoms with van der Waals surface area (Å²) in [5, 5.41) is 8.58. The van der Waals surface area contributed by atoms with Gasteiger partial charge in [0.15, 0.2) is 0 Å². The molecule has 0 aliphatic heterocycles. The maximum absolute atomic E-state index is 10.4. The molecule has 3 heteroatoms. The normalized spacial score (nSPS) is 11.1. The molecule has 0 saturated carbocycles. The van der Waals surface area contributed by atoms with Crippen LogP contribution in [0.4, 0.5) is 0 Å². The van der Waals surface area contributed by atoms with Gasteiger partial charge in [-0.2, -0.15) is 0 Å². The first kappa shape index (κ1) is 8.99. The summed E-state index contributed by atoms with van der Waals surface area (Å²) in [6.07, 6.45) is 1.70. The molecule has 1 N–H and O–H groups in total. The van der Waals surface area contributed by atoms with E-state index in [-0.39, 0.29) is 0 Å². The van der Waals surface area contributed by atoms with Crippen molar-refractivity contribution in [3.05, 3.63) is 0 Å². The summed E-state index contributed by atoms with van der Waals surface area (Å²) in [6, 6.07) is 0. The number of hydrogen-bond donors (Lipinski definition) is 1. The Bertz CT molecular complexity index is 161. The number of aliphatic hydroxyl groups excluding tert-OH is 1. The summed E-state index contributed by atoms with van der Waals surface area (Å²) < 4.78 is 4.29. The summed E-state index contributed by atoms with van der Waals surface area (Å²) in [6.45, 7) is 3.17. The molecule has 0 aromatic rings. The first-order chi connectivity index (χ1) is 4.68. The lowest BCUT2D eigenvalue weighted by Crippen LogP contribution is -2.16. The molecule has 0 aromatic heterocycles. The highest BCUT2D eigenvalue weighted by atomic mass is 16.5. The van der Waals surface area contributed by atoms with E-state index >= 15 is 0 Å². The van der Waals surface area contributed by atoms with Crippen molar-refractivity contribution in [3.63, 3.8) is 0 Å². The second-order valence-corrected chi connectivity index (χ2v) is 1.73. The van der Waals surface area contributed by atoms with Gasteiger partial charge in [0.25, 0.3) is 0 Å². The van der Waals surface area contributed by atoms with Crippen molar-refractivity contribution in [2.45, 2.75) is 26.4 Å². The van der Waals surface area contributed by atoms with E-state index in [0.717, 1.165) is 0 Å². The van der Waals surface area contributed by atoms with Gasteiger partial charge in [0.1, 0.15) is 12.2 Å². The zero-order chi connectivity index (χ0) is 7.98. The van der Waals surface area contributed by atoms with Crippen molar-refractivity contribution in [1.82, 2.24) is 0 Å². The summed E-state index contributed by atoms with van der Waals surface area (Å²) in [5.41, 5.74) is 0. The fraction of sp³-hybridized carbons (Fsp3) is 0.571. The summed E-state index contributed by atoms with van der Waals surface area (Å²) >= 11 is 0. The van der Waals surface area contributed by atoms with Gasteiger partial charge in [0, 0.05) is 6.42 Å². The molecule has 0 amide bonds. The van der Waals surface area contributed by atoms with E-state index < -0.39 is 12.1 Å². The molecule has 1 atom stereocenters. The first-order valence-electron chi connectivity index (χ1n) is 3.05. The average Bonchev–Trinajstić information content (AvgIpc) is 1.88. The van der Waals surface area contributed by atoms with Gasteiger partial charge in [-0.25, -0.2) is 4.79 Å². The molecule has 3 nitrogen and oxygen atoms in total. The van der Waals surface area contributed by atoms with Gasteiger partial charge in [-0.05, 0) is 6.92 Å². The molecule has 56 valence electrons. The lowest BCUT2D eigenvalue weighted by Gasteiger charge is -1.96. The molecule has 0 fully saturated rings. The second-order valence-electron chi connectivity index (χ2n) is 1.73. The third-order valence-electron chi connectivity index (χ3n) is 0.742. The molecule has 0 heterocycles. The second kappa shape index (κ2) is 4.83. The third kappa shape index (κ3) is 3.93. The van der Waals surface area contributed by atoms with Crippen molar-refractivity contribution in [1.29, 1.82) is 0 Å². The fourth-order valence-electron chi connectivity index (χ4n) is 0.244. The van der Waals surface area contributed by atoms with Gasteiger partial charge >= 0.3 is 5.97 Å². The van der Waals surface area contributed by atoms with E-state index in [9.17, 15) is 4.79 Å². The summed E-state index contributed by atoms with van der Waals surface area (Å²) in [5.74, 6) is 1.82. The van der Waals surface area contributed by atoms with E-state index in [1.165, 1.54) is 6.92 Å². The quantitative estimate of drug-likeness (QED) is 0.422. The predicted molar refractivity (Wildman–Crippen MR) is 35.8 cm³/mol. The van der Waals surface area contributed by atoms with Gasteiger partial charge in [-0.3, -0.25) is 0 Å². The molecule has 0 bridgehead atoms. The highest BCUT2D eigenvalue weighted by Crippen LogP contribution is 1.83. The molecule has 0 aliphatic carbocycles. The average molecular weight is 142 g/mol. The number of esters is 1. The minimum atomic E-state index is -1.09. The zero-order valence-electron chi connectivity index (χ0n) is 6.05. The molecular formula is C7H10O3. The summed E-state index contributed by atoms with van der Waals surface area (Å²) in [7, 11) is 0. The number of rotatable bonds is 1. The molecule has 0 spiro atoms. The predicted octanol–water partition coefficient (Wildman–Crippen LogP) is 0.281. The van der Waals surface area contributed by atoms with Crippen LogP contribution < -0.4 is 0 Å². The molecule has 0 radical (unpaired) electrons. The maximum Gasteiger partial charge on any atom is 0.348 e. The highest BCUT2D eigenvalue weighted by Gasteiger charge is 2.07. The van der Waals surface area contributed by atoms with Crippen LogP contribution in [0.1, 0.15) is 20.3 Å². The SMILES string of the molecule is CCC#COC(=O)C(C)O. The van der Waals surface area contributed by atoms with Crippen LogP contribution in [0.2, 0.25) is 0 Å². The number of carbonyl (C=O) groups excluding carboxylic acids is 1. The van der Waals surface area contributed by atoms with Crippen molar-refractivity contribution >= 4 is 5.97 Å². The Morgan fingerprint density at radius 3 is 2.80 bits per heavy atom. The molecule has 0 rings (SSSR count). The first-order valence-corrected chi connectivity index (χ1v) is 3.05. The van der Waals surface area contributed by atoms with Gasteiger partial charge in [-0.1, -0.05) is 12.8 Å². The van der Waals surface area contributed by atoms with Gasteiger partial charge < -0.3 is 9.84 Å². The Morgan fingerprint density at radius 2 is 2.40 bits per heavy atom. The number of ether oxygens (including phenoxy) is 1. The molecule has 0 aliphatic rings. The van der Waals surface area contributed by atoms with Crippen LogP contribution in [0.25, 0.3) is 0 Å². The summed E-state index contributed by atoms with van der Waals surface area (Å²) in [4.78, 5) is 10.4. The maximum atomic E-state index is 10.4. The van der Waals surface area contributed by atoms with Gasteiger partial charge in [0.2, 0.25) is 0 Å². The van der Waals surface area contributed by atoms with Gasteiger partial charge in [0.05, 0.1) is 0 Å². The molecular weight excluding hydrogens is 132 g/mol. The van der Waals surface area contributed by atoms with Crippen molar-refractivity contribution in [2.75, 3.05) is 0 Å². The van der Waals surface area contributed by atoms with E-state index in [2.05, 4.69) is 16.8 Å². The van der Waals surface area contributed by atoms with Crippen LogP contribution in [0.15, 0.2) is 0 Å². The Morgan fingerprint density at radius 1 is 1.80 bits per heavy atom. The Balaban J connectivity index is 3.59. The topological polar surface area (TPSA) is 46.5 Å². The minimum absolute atomic E-state index is 0.632. The lowest BCUT2D eigenvalue weighted by atomic mass is 10.4. The molecule has 0 saturated heterocycles. The van der Waals surface area contributed by atoms with Crippen molar-refractivity contribution in [2.24, 2.45) is 0 Å². The Hall–Kier alpha value is -1.01. The number of hydrogen-bond acceptors (Lipinski definition) is 3. The minimum Gasteiger partial charge on any atom is -0.382 e. The molecule has 0 aromatic carbocycles. The van der Waals surface area contributed by atoms with Crippen LogP contribution in [-0.4, -0.2) is 17.2 Å². The number of carbonyl (C=O) groups is 1. The molecule has 1 unspecified atom stereocenters. The van der Waals surface area contributed by atoms with Crippen molar-refractivity contribution < 1.29 is 14.6 Å². The van der Waals surface area contributed by atoms with E-state index in [0.29, 0.717) is 6.42 Å². The van der Waals surface area contributed by atoms with Crippen LogP contribution in [0.5, 0.6) is 0 Å². The monoisotopic (exact) mass is 142 g/mol.